The molecule has 0 heterocycles. The molecule has 11 heteroatoms. The second kappa shape index (κ2) is 5.11. The largest absolute Gasteiger partial charge is 0.441 e. The molecule has 1 amide bonds. The van der Waals surface area contributed by atoms with Crippen molar-refractivity contribution in [3.05, 3.63) is 29.8 Å². The molecule has 0 atom stereocenters. The molecule has 0 saturated carbocycles. The first kappa shape index (κ1) is 17.1. The predicted molar refractivity (Wildman–Crippen MR) is 50.9 cm³/mol. The van der Waals surface area contributed by atoms with Gasteiger partial charge < -0.3 is 5.32 Å². The van der Waals surface area contributed by atoms with Gasteiger partial charge in [-0.3, -0.25) is 4.79 Å². The second-order valence-electron chi connectivity index (χ2n) is 3.74. The number of carbonyl (C=O) groups excluding carboxylic acids is 1. The Morgan fingerprint density at radius 3 is 1.71 bits per heavy atom. The number of rotatable bonds is 2. The third-order valence-electron chi connectivity index (χ3n) is 2.27. The molecule has 0 saturated heterocycles. The highest BCUT2D eigenvalue weighted by molar-refractivity contribution is 5.98. The summed E-state index contributed by atoms with van der Waals surface area (Å²) in [4.78, 5) is 11.0. The maximum atomic E-state index is 13.2. The summed E-state index contributed by atoms with van der Waals surface area (Å²) in [5.74, 6) is -6.24. The Kier molecular flexibility index (Phi) is 4.17. The van der Waals surface area contributed by atoms with E-state index in [1.165, 1.54) is 0 Å². The molecule has 1 rings (SSSR count). The molecular formula is C10H4F9NO. The summed E-state index contributed by atoms with van der Waals surface area (Å²) in [7, 11) is 0. The van der Waals surface area contributed by atoms with E-state index in [0.29, 0.717) is 12.1 Å². The number of alkyl halides is 7. The van der Waals surface area contributed by atoms with Crippen LogP contribution in [0.15, 0.2) is 18.2 Å². The molecule has 1 aromatic carbocycles. The van der Waals surface area contributed by atoms with Gasteiger partial charge in [-0.05, 0) is 12.1 Å². The molecular weight excluding hydrogens is 321 g/mol. The van der Waals surface area contributed by atoms with Crippen molar-refractivity contribution in [2.75, 3.05) is 5.32 Å². The number of halogens is 9. The van der Waals surface area contributed by atoms with Gasteiger partial charge in [0.1, 0.15) is 0 Å². The van der Waals surface area contributed by atoms with Crippen LogP contribution in [0.1, 0.15) is 0 Å². The Labute approximate surface area is 110 Å². The van der Waals surface area contributed by atoms with Crippen LogP contribution in [0.3, 0.4) is 0 Å². The standard InChI is InChI=1S/C10H4F9NO/c11-5-2-1-4(3-6(5)12)20-7(21)8(13,9(14,15)16)10(17,18)19/h1-3H,(H,20,21). The lowest BCUT2D eigenvalue weighted by Crippen LogP contribution is -2.60. The lowest BCUT2D eigenvalue weighted by molar-refractivity contribution is -0.324. The van der Waals surface area contributed by atoms with Crippen molar-refractivity contribution in [3.8, 4) is 0 Å². The molecule has 0 aliphatic carbocycles. The van der Waals surface area contributed by atoms with E-state index in [0.717, 1.165) is 5.32 Å². The van der Waals surface area contributed by atoms with Crippen LogP contribution in [0.5, 0.6) is 0 Å². The Morgan fingerprint density at radius 2 is 1.33 bits per heavy atom. The quantitative estimate of drug-likeness (QED) is 0.825. The van der Waals surface area contributed by atoms with Crippen LogP contribution in [0.25, 0.3) is 0 Å². The molecule has 0 unspecified atom stereocenters. The summed E-state index contributed by atoms with van der Waals surface area (Å²) in [5, 5.41) is 0.903. The zero-order valence-corrected chi connectivity index (χ0v) is 9.54. The Balaban J connectivity index is 3.17. The van der Waals surface area contributed by atoms with E-state index in [2.05, 4.69) is 0 Å². The smallest absolute Gasteiger partial charge is 0.323 e. The van der Waals surface area contributed by atoms with Gasteiger partial charge in [0.05, 0.1) is 0 Å². The Bertz CT molecular complexity index is 534. The first-order chi connectivity index (χ1) is 9.30. The highest BCUT2D eigenvalue weighted by atomic mass is 19.4. The summed E-state index contributed by atoms with van der Waals surface area (Å²) in [6.07, 6.45) is -13.2. The summed E-state index contributed by atoms with van der Waals surface area (Å²) in [6.45, 7) is 0. The average Bonchev–Trinajstić information content (AvgIpc) is 2.29. The molecule has 0 aliphatic heterocycles. The minimum atomic E-state index is -6.59. The van der Waals surface area contributed by atoms with Gasteiger partial charge in [-0.15, -0.1) is 0 Å². The average molecular weight is 325 g/mol. The topological polar surface area (TPSA) is 29.1 Å². The maximum absolute atomic E-state index is 13.2. The molecule has 0 radical (unpaired) electrons. The number of benzene rings is 1. The number of hydrogen-bond acceptors (Lipinski definition) is 1. The highest BCUT2D eigenvalue weighted by Gasteiger charge is 2.77. The molecule has 2 nitrogen and oxygen atoms in total. The first-order valence-corrected chi connectivity index (χ1v) is 4.89. The van der Waals surface area contributed by atoms with Gasteiger partial charge in [-0.1, -0.05) is 0 Å². The van der Waals surface area contributed by atoms with Gasteiger partial charge in [-0.25, -0.2) is 13.2 Å². The van der Waals surface area contributed by atoms with Crippen LogP contribution in [-0.4, -0.2) is 23.9 Å². The zero-order chi connectivity index (χ0) is 16.6. The minimum Gasteiger partial charge on any atom is -0.323 e. The van der Waals surface area contributed by atoms with Crippen molar-refractivity contribution in [1.29, 1.82) is 0 Å². The molecule has 21 heavy (non-hydrogen) atoms. The van der Waals surface area contributed by atoms with Gasteiger partial charge >= 0.3 is 18.0 Å². The monoisotopic (exact) mass is 325 g/mol. The van der Waals surface area contributed by atoms with E-state index in [1.54, 1.807) is 0 Å². The van der Waals surface area contributed by atoms with E-state index in [4.69, 9.17) is 0 Å². The van der Waals surface area contributed by atoms with E-state index >= 15 is 0 Å². The highest BCUT2D eigenvalue weighted by Crippen LogP contribution is 2.46. The minimum absolute atomic E-state index is 0.0976. The van der Waals surface area contributed by atoms with Gasteiger partial charge in [0.25, 0.3) is 5.91 Å². The molecule has 0 aliphatic rings. The zero-order valence-electron chi connectivity index (χ0n) is 9.54. The van der Waals surface area contributed by atoms with Crippen LogP contribution in [0.4, 0.5) is 45.2 Å². The fourth-order valence-corrected chi connectivity index (χ4v) is 1.21. The van der Waals surface area contributed by atoms with Crippen LogP contribution >= 0.6 is 0 Å². The molecule has 1 N–H and O–H groups in total. The molecule has 0 aromatic heterocycles. The van der Waals surface area contributed by atoms with E-state index < -0.39 is 41.3 Å². The number of hydrogen-bond donors (Lipinski definition) is 1. The summed E-state index contributed by atoms with van der Waals surface area (Å²) in [6, 6.07) is 0.885. The molecule has 1 aromatic rings. The van der Waals surface area contributed by atoms with Gasteiger partial charge in [-0.2, -0.15) is 26.3 Å². The van der Waals surface area contributed by atoms with E-state index in [9.17, 15) is 44.3 Å². The molecule has 118 valence electrons. The summed E-state index contributed by atoms with van der Waals surface area (Å²) in [5.41, 5.74) is -7.17. The normalized spacial score (nSPS) is 13.2. The van der Waals surface area contributed by atoms with Crippen molar-refractivity contribution in [1.82, 2.24) is 0 Å². The fourth-order valence-electron chi connectivity index (χ4n) is 1.21. The lowest BCUT2D eigenvalue weighted by atomic mass is 10.0. The van der Waals surface area contributed by atoms with Gasteiger partial charge in [0, 0.05) is 11.8 Å². The molecule has 0 bridgehead atoms. The predicted octanol–water partition coefficient (Wildman–Crippen LogP) is 3.74. The number of carbonyl (C=O) groups is 1. The van der Waals surface area contributed by atoms with Gasteiger partial charge in [0.15, 0.2) is 11.6 Å². The van der Waals surface area contributed by atoms with E-state index in [-0.39, 0.29) is 6.07 Å². The van der Waals surface area contributed by atoms with Crippen molar-refractivity contribution in [2.45, 2.75) is 18.0 Å². The lowest BCUT2D eigenvalue weighted by Gasteiger charge is -2.28. The maximum Gasteiger partial charge on any atom is 0.441 e. The third-order valence-corrected chi connectivity index (χ3v) is 2.27. The Morgan fingerprint density at radius 1 is 0.857 bits per heavy atom. The summed E-state index contributed by atoms with van der Waals surface area (Å²) >= 11 is 0. The van der Waals surface area contributed by atoms with Crippen molar-refractivity contribution >= 4 is 11.6 Å². The van der Waals surface area contributed by atoms with Gasteiger partial charge in [0.2, 0.25) is 0 Å². The number of anilines is 1. The second-order valence-corrected chi connectivity index (χ2v) is 3.74. The SMILES string of the molecule is O=C(Nc1ccc(F)c(F)c1)C(F)(C(F)(F)F)C(F)(F)F. The van der Waals surface area contributed by atoms with Crippen LogP contribution < -0.4 is 5.32 Å². The summed E-state index contributed by atoms with van der Waals surface area (Å²) < 4.78 is 112. The van der Waals surface area contributed by atoms with Crippen LogP contribution in [0.2, 0.25) is 0 Å². The first-order valence-electron chi connectivity index (χ1n) is 4.89. The van der Waals surface area contributed by atoms with Crippen molar-refractivity contribution in [2.24, 2.45) is 0 Å². The Hall–Kier alpha value is -1.94. The van der Waals surface area contributed by atoms with Crippen molar-refractivity contribution in [3.63, 3.8) is 0 Å². The molecule has 0 spiro atoms. The number of nitrogens with one attached hydrogen (secondary N) is 1. The van der Waals surface area contributed by atoms with Crippen LogP contribution in [-0.2, 0) is 4.79 Å². The fraction of sp³-hybridized carbons (Fsp3) is 0.300. The van der Waals surface area contributed by atoms with E-state index in [1.807, 2.05) is 0 Å². The number of amides is 1. The molecule has 0 fully saturated rings. The van der Waals surface area contributed by atoms with Crippen molar-refractivity contribution < 1.29 is 44.3 Å². The van der Waals surface area contributed by atoms with Crippen LogP contribution in [0, 0.1) is 11.6 Å². The third kappa shape index (κ3) is 3.05.